The van der Waals surface area contributed by atoms with E-state index in [0.29, 0.717) is 11.4 Å². The number of nitrogens with zero attached hydrogens (tertiary/aromatic N) is 3. The maximum Gasteiger partial charge on any atom is 0.148 e. The van der Waals surface area contributed by atoms with Crippen molar-refractivity contribution in [1.82, 2.24) is 14.5 Å². The second-order valence-electron chi connectivity index (χ2n) is 19.9. The number of fused-ring (bicyclic) bond motifs is 1. The summed E-state index contributed by atoms with van der Waals surface area (Å²) in [4.78, 5) is 10.4. The van der Waals surface area contributed by atoms with Crippen molar-refractivity contribution in [2.24, 2.45) is 0 Å². The van der Waals surface area contributed by atoms with E-state index in [1.807, 2.05) is 12.3 Å². The van der Waals surface area contributed by atoms with Gasteiger partial charge in [0.25, 0.3) is 0 Å². The minimum absolute atomic E-state index is 0. The molecule has 58 heavy (non-hydrogen) atoms. The van der Waals surface area contributed by atoms with Crippen molar-refractivity contribution >= 4 is 11.0 Å². The minimum Gasteiger partial charge on any atom is -0.507 e. The molecule has 0 amide bonds. The molecule has 7 rings (SSSR count). The SMILES string of the molecule is Cc1ccnc(-c2[c-]c(-c3cccc4c3nc(-c3cc(C(C)(C)C)cc(C(C)(C)C)c3O)n4-c3ccc(C(C)(C)C)cc3-c3ccccc3)cc(C(C)(C)C)c2)c1.[Pt]. The van der Waals surface area contributed by atoms with E-state index in [9.17, 15) is 5.11 Å². The zero-order valence-electron chi connectivity index (χ0n) is 36.5. The Morgan fingerprint density at radius 3 is 1.81 bits per heavy atom. The number of benzene rings is 5. The van der Waals surface area contributed by atoms with E-state index >= 15 is 0 Å². The van der Waals surface area contributed by atoms with Crippen LogP contribution in [0.4, 0.5) is 0 Å². The number of aromatic hydroxyl groups is 1. The van der Waals surface area contributed by atoms with E-state index in [0.717, 1.165) is 66.9 Å². The van der Waals surface area contributed by atoms with Crippen molar-refractivity contribution in [1.29, 1.82) is 0 Å². The van der Waals surface area contributed by atoms with Crippen LogP contribution in [0.2, 0.25) is 0 Å². The average Bonchev–Trinajstić information content (AvgIpc) is 3.52. The van der Waals surface area contributed by atoms with Crippen LogP contribution in [0.3, 0.4) is 0 Å². The number of aromatic nitrogens is 3. The minimum atomic E-state index is -0.311. The predicted octanol–water partition coefficient (Wildman–Crippen LogP) is 14.1. The Morgan fingerprint density at radius 2 is 1.19 bits per heavy atom. The van der Waals surface area contributed by atoms with Gasteiger partial charge >= 0.3 is 0 Å². The molecule has 2 aromatic heterocycles. The summed E-state index contributed by atoms with van der Waals surface area (Å²) in [5, 5.41) is 12.4. The molecule has 5 aromatic carbocycles. The van der Waals surface area contributed by atoms with Crippen LogP contribution in [0.25, 0.3) is 61.6 Å². The first-order chi connectivity index (χ1) is 26.6. The Bertz CT molecular complexity index is 2620. The van der Waals surface area contributed by atoms with Crippen LogP contribution in [0.1, 0.15) is 111 Å². The summed E-state index contributed by atoms with van der Waals surface area (Å²) < 4.78 is 2.28. The second kappa shape index (κ2) is 15.4. The molecule has 4 nitrogen and oxygen atoms in total. The largest absolute Gasteiger partial charge is 0.507 e. The van der Waals surface area contributed by atoms with E-state index < -0.39 is 0 Å². The molecule has 1 N–H and O–H groups in total. The molecule has 0 aliphatic heterocycles. The van der Waals surface area contributed by atoms with Gasteiger partial charge in [-0.25, -0.2) is 4.98 Å². The van der Waals surface area contributed by atoms with E-state index in [2.05, 4.69) is 198 Å². The maximum absolute atomic E-state index is 12.4. The number of hydrogen-bond acceptors (Lipinski definition) is 3. The molecule has 0 radical (unpaired) electrons. The fourth-order valence-electron chi connectivity index (χ4n) is 7.57. The number of pyridine rings is 1. The summed E-state index contributed by atoms with van der Waals surface area (Å²) in [5.74, 6) is 0.954. The first-order valence-electron chi connectivity index (χ1n) is 20.2. The molecule has 0 saturated heterocycles. The zero-order chi connectivity index (χ0) is 41.2. The van der Waals surface area contributed by atoms with E-state index in [4.69, 9.17) is 9.97 Å². The summed E-state index contributed by atoms with van der Waals surface area (Å²) in [6.45, 7) is 28.8. The average molecular weight is 948 g/mol. The zero-order valence-corrected chi connectivity index (χ0v) is 38.8. The fraction of sp³-hybridized carbons (Fsp3) is 0.321. The number of imidazole rings is 1. The molecular formula is C53H58N3OPt-. The molecule has 0 fully saturated rings. The topological polar surface area (TPSA) is 50.9 Å². The molecule has 0 atom stereocenters. The van der Waals surface area contributed by atoms with Crippen LogP contribution in [0.15, 0.2) is 109 Å². The molecular weight excluding hydrogens is 890 g/mol. The Kier molecular flexibility index (Phi) is 11.4. The molecule has 0 aliphatic rings. The van der Waals surface area contributed by atoms with Crippen LogP contribution < -0.4 is 0 Å². The van der Waals surface area contributed by atoms with Gasteiger partial charge in [0.2, 0.25) is 0 Å². The molecule has 0 aliphatic carbocycles. The third kappa shape index (κ3) is 8.37. The molecule has 0 unspecified atom stereocenters. The standard InChI is InChI=1S/C53H58N3O.Pt/c1-33-24-25-54-44(26-33)36-27-35(28-38(29-36)51(5,6)7)40-20-17-21-46-47(40)55-49(42-31-39(52(8,9)10)32-43(48(42)57)53(11,12)13)56(46)45-23-22-37(50(2,3)4)30-41(45)34-18-15-14-16-19-34;/h14-26,28-32,57H,1-13H3;/q-1;. The van der Waals surface area contributed by atoms with Gasteiger partial charge in [0.15, 0.2) is 0 Å². The number of para-hydroxylation sites is 1. The van der Waals surface area contributed by atoms with Gasteiger partial charge in [-0.2, -0.15) is 0 Å². The Labute approximate surface area is 361 Å². The Balaban J connectivity index is 0.00000567. The van der Waals surface area contributed by atoms with Crippen LogP contribution in [0, 0.1) is 13.0 Å². The molecule has 0 spiro atoms. The number of hydrogen-bond donors (Lipinski definition) is 1. The summed E-state index contributed by atoms with van der Waals surface area (Å²) in [6.07, 6.45) is 1.87. The quantitative estimate of drug-likeness (QED) is 0.175. The first-order valence-corrected chi connectivity index (χ1v) is 20.2. The Hall–Kier alpha value is -4.79. The number of rotatable bonds is 5. The van der Waals surface area contributed by atoms with Gasteiger partial charge in [-0.3, -0.25) is 9.55 Å². The smallest absolute Gasteiger partial charge is 0.148 e. The van der Waals surface area contributed by atoms with Gasteiger partial charge in [0, 0.05) is 44.1 Å². The van der Waals surface area contributed by atoms with Crippen LogP contribution in [-0.4, -0.2) is 19.6 Å². The van der Waals surface area contributed by atoms with Gasteiger partial charge < -0.3 is 5.11 Å². The van der Waals surface area contributed by atoms with Gasteiger partial charge in [-0.15, -0.1) is 29.3 Å². The van der Waals surface area contributed by atoms with E-state index in [1.54, 1.807) is 0 Å². The molecule has 0 bridgehead atoms. The number of aryl methyl sites for hydroxylation is 1. The Morgan fingerprint density at radius 1 is 0.569 bits per heavy atom. The summed E-state index contributed by atoms with van der Waals surface area (Å²) in [7, 11) is 0. The van der Waals surface area contributed by atoms with Crippen molar-refractivity contribution in [3.05, 3.63) is 143 Å². The van der Waals surface area contributed by atoms with Crippen molar-refractivity contribution in [3.63, 3.8) is 0 Å². The molecule has 5 heteroatoms. The van der Waals surface area contributed by atoms with E-state index in [-0.39, 0.29) is 48.5 Å². The summed E-state index contributed by atoms with van der Waals surface area (Å²) >= 11 is 0. The normalized spacial score (nSPS) is 12.5. The van der Waals surface area contributed by atoms with Gasteiger partial charge in [0.05, 0.1) is 22.3 Å². The molecule has 0 saturated carbocycles. The molecule has 7 aromatic rings. The third-order valence-corrected chi connectivity index (χ3v) is 11.1. The van der Waals surface area contributed by atoms with Crippen molar-refractivity contribution in [2.45, 2.75) is 112 Å². The predicted molar refractivity (Wildman–Crippen MR) is 241 cm³/mol. The number of phenolic OH excluding ortho intramolecular Hbond substituents is 1. The van der Waals surface area contributed by atoms with Crippen LogP contribution >= 0.6 is 0 Å². The number of phenols is 1. The van der Waals surface area contributed by atoms with Gasteiger partial charge in [-0.05, 0) is 75.6 Å². The fourth-order valence-corrected chi connectivity index (χ4v) is 7.57. The second-order valence-corrected chi connectivity index (χ2v) is 19.9. The van der Waals surface area contributed by atoms with Crippen molar-refractivity contribution < 1.29 is 26.2 Å². The summed E-state index contributed by atoms with van der Waals surface area (Å²) in [6, 6.07) is 40.6. The van der Waals surface area contributed by atoms with Gasteiger partial charge in [-0.1, -0.05) is 160 Å². The molecule has 2 heterocycles. The monoisotopic (exact) mass is 947 g/mol. The van der Waals surface area contributed by atoms with Crippen molar-refractivity contribution in [3.8, 4) is 56.3 Å². The third-order valence-electron chi connectivity index (χ3n) is 11.1. The maximum atomic E-state index is 12.4. The van der Waals surface area contributed by atoms with Gasteiger partial charge in [0.1, 0.15) is 11.6 Å². The molecule has 302 valence electrons. The van der Waals surface area contributed by atoms with Crippen LogP contribution in [0.5, 0.6) is 5.75 Å². The summed E-state index contributed by atoms with van der Waals surface area (Å²) in [5.41, 5.74) is 14.5. The van der Waals surface area contributed by atoms with Crippen molar-refractivity contribution in [2.75, 3.05) is 0 Å². The van der Waals surface area contributed by atoms with Crippen LogP contribution in [-0.2, 0) is 42.7 Å². The first kappa shape index (κ1) is 42.8. The van der Waals surface area contributed by atoms with E-state index in [1.165, 1.54) is 11.1 Å².